The fraction of sp³-hybridized carbons (Fsp3) is 0.591. The molecule has 3 N–H and O–H groups in total. The zero-order valence-corrected chi connectivity index (χ0v) is 19.1. The third-order valence-corrected chi connectivity index (χ3v) is 6.26. The highest BCUT2D eigenvalue weighted by atomic mass is 32.2. The molecular formula is C22H34N4O2S. The Balaban J connectivity index is 2.34. The van der Waals surface area contributed by atoms with Gasteiger partial charge in [0.15, 0.2) is 5.16 Å². The maximum Gasteiger partial charge on any atom is 0.234 e. The highest BCUT2D eigenvalue weighted by molar-refractivity contribution is 8.00. The Morgan fingerprint density at radius 3 is 2.45 bits per heavy atom. The van der Waals surface area contributed by atoms with Crippen molar-refractivity contribution in [2.45, 2.75) is 76.6 Å². The van der Waals surface area contributed by atoms with Gasteiger partial charge >= 0.3 is 0 Å². The summed E-state index contributed by atoms with van der Waals surface area (Å²) < 4.78 is 0. The van der Waals surface area contributed by atoms with E-state index in [-0.39, 0.29) is 18.2 Å². The van der Waals surface area contributed by atoms with Crippen LogP contribution in [0.4, 0.5) is 0 Å². The van der Waals surface area contributed by atoms with E-state index in [2.05, 4.69) is 49.4 Å². The molecule has 1 atom stereocenters. The number of aromatic nitrogens is 2. The second-order valence-electron chi connectivity index (χ2n) is 7.12. The molecule has 2 amide bonds. The van der Waals surface area contributed by atoms with Crippen LogP contribution < -0.4 is 10.6 Å². The molecule has 0 bridgehead atoms. The molecule has 0 aliphatic rings. The van der Waals surface area contributed by atoms with E-state index in [1.807, 2.05) is 0 Å². The number of carbonyl (C=O) groups excluding carboxylic acids is 2. The van der Waals surface area contributed by atoms with Crippen molar-refractivity contribution in [2.75, 3.05) is 13.6 Å². The van der Waals surface area contributed by atoms with E-state index in [9.17, 15) is 9.59 Å². The lowest BCUT2D eigenvalue weighted by atomic mass is 9.94. The molecule has 0 saturated heterocycles. The summed E-state index contributed by atoms with van der Waals surface area (Å²) in [6, 6.07) is 2.18. The summed E-state index contributed by atoms with van der Waals surface area (Å²) in [5.74, 6) is -0.272. The second kappa shape index (κ2) is 11.2. The minimum atomic E-state index is -0.520. The number of nitrogens with zero attached hydrogens (tertiary/aromatic N) is 1. The Kier molecular flexibility index (Phi) is 9.01. The van der Waals surface area contributed by atoms with Crippen LogP contribution in [-0.4, -0.2) is 40.6 Å². The standard InChI is InChI=1S/C22H34N4O2S/c1-6-10-11-24-21(28)18(13-19(27)23-5)29-22-25-17-12-14(7-2)15(8-3)16(9-4)20(17)26-22/h12,18H,6-11,13H2,1-5H3,(H,23,27)(H,24,28)(H,25,26). The molecule has 1 aromatic carbocycles. The summed E-state index contributed by atoms with van der Waals surface area (Å²) in [7, 11) is 1.59. The Labute approximate surface area is 178 Å². The number of fused-ring (bicyclic) bond motifs is 1. The first-order valence-corrected chi connectivity index (χ1v) is 11.5. The number of nitrogens with one attached hydrogen (secondary N) is 3. The van der Waals surface area contributed by atoms with E-state index in [0.29, 0.717) is 11.7 Å². The summed E-state index contributed by atoms with van der Waals surface area (Å²) in [6.07, 6.45) is 4.94. The first-order chi connectivity index (χ1) is 14.0. The molecule has 7 heteroatoms. The van der Waals surface area contributed by atoms with Gasteiger partial charge in [-0.15, -0.1) is 0 Å². The number of aromatic amines is 1. The van der Waals surface area contributed by atoms with Gasteiger partial charge in [0.2, 0.25) is 11.8 Å². The van der Waals surface area contributed by atoms with Crippen molar-refractivity contribution in [3.8, 4) is 0 Å². The summed E-state index contributed by atoms with van der Waals surface area (Å²) in [6.45, 7) is 9.22. The highest BCUT2D eigenvalue weighted by Gasteiger charge is 2.25. The van der Waals surface area contributed by atoms with Gasteiger partial charge in [-0.25, -0.2) is 4.98 Å². The third-order valence-electron chi connectivity index (χ3n) is 5.18. The zero-order chi connectivity index (χ0) is 21.4. The van der Waals surface area contributed by atoms with Crippen LogP contribution in [0.2, 0.25) is 0 Å². The van der Waals surface area contributed by atoms with E-state index < -0.39 is 5.25 Å². The van der Waals surface area contributed by atoms with Crippen molar-refractivity contribution in [3.63, 3.8) is 0 Å². The van der Waals surface area contributed by atoms with Crippen LogP contribution in [-0.2, 0) is 28.9 Å². The Morgan fingerprint density at radius 1 is 1.14 bits per heavy atom. The van der Waals surface area contributed by atoms with Crippen LogP contribution in [0.3, 0.4) is 0 Å². The van der Waals surface area contributed by atoms with E-state index in [4.69, 9.17) is 4.98 Å². The maximum absolute atomic E-state index is 12.7. The largest absolute Gasteiger partial charge is 0.359 e. The van der Waals surface area contributed by atoms with Gasteiger partial charge in [-0.2, -0.15) is 0 Å². The fourth-order valence-electron chi connectivity index (χ4n) is 3.58. The lowest BCUT2D eigenvalue weighted by molar-refractivity contribution is -0.125. The minimum absolute atomic E-state index is 0.119. The quantitative estimate of drug-likeness (QED) is 0.383. The molecule has 0 fully saturated rings. The van der Waals surface area contributed by atoms with Crippen molar-refractivity contribution in [1.82, 2.24) is 20.6 Å². The second-order valence-corrected chi connectivity index (χ2v) is 8.31. The molecule has 1 unspecified atom stereocenters. The minimum Gasteiger partial charge on any atom is -0.359 e. The lowest BCUT2D eigenvalue weighted by Crippen LogP contribution is -2.36. The molecule has 29 heavy (non-hydrogen) atoms. The first kappa shape index (κ1) is 23.3. The third kappa shape index (κ3) is 5.75. The van der Waals surface area contributed by atoms with Gasteiger partial charge in [-0.1, -0.05) is 45.9 Å². The molecule has 6 nitrogen and oxygen atoms in total. The molecule has 2 rings (SSSR count). The molecule has 1 heterocycles. The normalized spacial score (nSPS) is 12.2. The van der Waals surface area contributed by atoms with Crippen molar-refractivity contribution in [3.05, 3.63) is 22.8 Å². The number of benzene rings is 1. The lowest BCUT2D eigenvalue weighted by Gasteiger charge is -2.14. The number of imidazole rings is 1. The molecule has 0 aliphatic heterocycles. The Bertz CT molecular complexity index is 847. The molecule has 0 aliphatic carbocycles. The van der Waals surface area contributed by atoms with Gasteiger partial charge < -0.3 is 15.6 Å². The SMILES string of the molecule is CCCCNC(=O)C(CC(=O)NC)Sc1nc2c(CC)c(CC)c(CC)cc2[nH]1. The summed E-state index contributed by atoms with van der Waals surface area (Å²) in [5.41, 5.74) is 5.99. The number of aryl methyl sites for hydroxylation is 2. The number of unbranched alkanes of at least 4 members (excludes halogenated alkanes) is 1. The number of thioether (sulfide) groups is 1. The van der Waals surface area contributed by atoms with Crippen molar-refractivity contribution in [2.24, 2.45) is 0 Å². The number of H-pyrrole nitrogens is 1. The van der Waals surface area contributed by atoms with Gasteiger partial charge in [0.1, 0.15) is 0 Å². The number of amides is 2. The number of hydrogen-bond acceptors (Lipinski definition) is 4. The number of rotatable bonds is 11. The van der Waals surface area contributed by atoms with Crippen LogP contribution in [0.15, 0.2) is 11.2 Å². The molecule has 0 radical (unpaired) electrons. The van der Waals surface area contributed by atoms with E-state index in [1.54, 1.807) is 7.05 Å². The maximum atomic E-state index is 12.7. The molecule has 160 valence electrons. The predicted octanol–water partition coefficient (Wildman–Crippen LogP) is 3.76. The topological polar surface area (TPSA) is 86.9 Å². The summed E-state index contributed by atoms with van der Waals surface area (Å²) in [4.78, 5) is 32.8. The molecular weight excluding hydrogens is 384 g/mol. The van der Waals surface area contributed by atoms with Crippen LogP contribution in [0.25, 0.3) is 11.0 Å². The number of carbonyl (C=O) groups is 2. The Morgan fingerprint density at radius 2 is 1.86 bits per heavy atom. The van der Waals surface area contributed by atoms with Gasteiger partial charge in [0, 0.05) is 20.0 Å². The van der Waals surface area contributed by atoms with Crippen LogP contribution in [0.1, 0.15) is 63.6 Å². The van der Waals surface area contributed by atoms with E-state index in [0.717, 1.165) is 43.1 Å². The van der Waals surface area contributed by atoms with Gasteiger partial charge in [0.25, 0.3) is 0 Å². The zero-order valence-electron chi connectivity index (χ0n) is 18.3. The van der Waals surface area contributed by atoms with E-state index in [1.165, 1.54) is 28.5 Å². The van der Waals surface area contributed by atoms with Crippen molar-refractivity contribution in [1.29, 1.82) is 0 Å². The molecule has 0 spiro atoms. The van der Waals surface area contributed by atoms with Crippen molar-refractivity contribution >= 4 is 34.6 Å². The fourth-order valence-corrected chi connectivity index (χ4v) is 4.59. The summed E-state index contributed by atoms with van der Waals surface area (Å²) in [5, 5.41) is 5.73. The van der Waals surface area contributed by atoms with Crippen molar-refractivity contribution < 1.29 is 9.59 Å². The van der Waals surface area contributed by atoms with Crippen LogP contribution in [0, 0.1) is 0 Å². The predicted molar refractivity (Wildman–Crippen MR) is 120 cm³/mol. The first-order valence-electron chi connectivity index (χ1n) is 10.7. The average Bonchev–Trinajstić information content (AvgIpc) is 3.13. The highest BCUT2D eigenvalue weighted by Crippen LogP contribution is 2.31. The average molecular weight is 419 g/mol. The van der Waals surface area contributed by atoms with Gasteiger partial charge in [-0.05, 0) is 48.4 Å². The number of hydrogen-bond donors (Lipinski definition) is 3. The van der Waals surface area contributed by atoms with Gasteiger partial charge in [0.05, 0.1) is 16.3 Å². The molecule has 1 aromatic heterocycles. The smallest absolute Gasteiger partial charge is 0.234 e. The molecule has 2 aromatic rings. The summed E-state index contributed by atoms with van der Waals surface area (Å²) >= 11 is 1.33. The van der Waals surface area contributed by atoms with Crippen LogP contribution in [0.5, 0.6) is 0 Å². The van der Waals surface area contributed by atoms with Gasteiger partial charge in [-0.3, -0.25) is 9.59 Å². The van der Waals surface area contributed by atoms with Crippen LogP contribution >= 0.6 is 11.8 Å². The Hall–Kier alpha value is -2.02. The monoisotopic (exact) mass is 418 g/mol. The van der Waals surface area contributed by atoms with E-state index >= 15 is 0 Å². The molecule has 0 saturated carbocycles.